The highest BCUT2D eigenvalue weighted by Crippen LogP contribution is 2.24. The van der Waals surface area contributed by atoms with E-state index in [1.807, 2.05) is 31.2 Å². The predicted octanol–water partition coefficient (Wildman–Crippen LogP) is 2.26. The molecule has 0 aliphatic heterocycles. The first-order valence-corrected chi connectivity index (χ1v) is 7.58. The molecule has 0 fully saturated rings. The van der Waals surface area contributed by atoms with E-state index in [9.17, 15) is 4.79 Å². The Kier molecular flexibility index (Phi) is 5.06. The molecule has 0 unspecified atom stereocenters. The SMILES string of the molecule is CC(C)[C@H](C)NC(=O)Cn1nnc(-c2ccccc2Br)n1. The van der Waals surface area contributed by atoms with E-state index in [2.05, 4.69) is 50.5 Å². The van der Waals surface area contributed by atoms with Crippen molar-refractivity contribution in [2.24, 2.45) is 5.92 Å². The molecule has 1 aromatic heterocycles. The third kappa shape index (κ3) is 4.10. The summed E-state index contributed by atoms with van der Waals surface area (Å²) in [6.45, 7) is 6.16. The molecule has 6 nitrogen and oxygen atoms in total. The lowest BCUT2D eigenvalue weighted by atomic mass is 10.1. The Morgan fingerprint density at radius 2 is 2.05 bits per heavy atom. The number of carbonyl (C=O) groups is 1. The lowest BCUT2D eigenvalue weighted by Crippen LogP contribution is -2.38. The molecule has 1 aromatic carbocycles. The zero-order chi connectivity index (χ0) is 15.4. The monoisotopic (exact) mass is 351 g/mol. The highest BCUT2D eigenvalue weighted by atomic mass is 79.9. The van der Waals surface area contributed by atoms with E-state index >= 15 is 0 Å². The maximum Gasteiger partial charge on any atom is 0.243 e. The van der Waals surface area contributed by atoms with Crippen molar-refractivity contribution in [2.45, 2.75) is 33.4 Å². The van der Waals surface area contributed by atoms with Gasteiger partial charge in [-0.15, -0.1) is 10.2 Å². The molecular formula is C14H18BrN5O. The van der Waals surface area contributed by atoms with Gasteiger partial charge in [0.2, 0.25) is 11.7 Å². The molecule has 1 amide bonds. The van der Waals surface area contributed by atoms with Gasteiger partial charge in [0.05, 0.1) is 0 Å². The Bertz CT molecular complexity index is 625. The number of nitrogens with one attached hydrogen (secondary N) is 1. The van der Waals surface area contributed by atoms with Crippen LogP contribution >= 0.6 is 15.9 Å². The molecular weight excluding hydrogens is 334 g/mol. The largest absolute Gasteiger partial charge is 0.352 e. The van der Waals surface area contributed by atoms with Crippen molar-refractivity contribution in [1.29, 1.82) is 0 Å². The summed E-state index contributed by atoms with van der Waals surface area (Å²) < 4.78 is 0.891. The normalized spacial score (nSPS) is 12.4. The molecule has 1 atom stereocenters. The summed E-state index contributed by atoms with van der Waals surface area (Å²) in [4.78, 5) is 13.2. The van der Waals surface area contributed by atoms with Crippen LogP contribution in [-0.2, 0) is 11.3 Å². The highest BCUT2D eigenvalue weighted by Gasteiger charge is 2.14. The van der Waals surface area contributed by atoms with Gasteiger partial charge in [-0.2, -0.15) is 4.80 Å². The van der Waals surface area contributed by atoms with Crippen LogP contribution in [0.15, 0.2) is 28.7 Å². The summed E-state index contributed by atoms with van der Waals surface area (Å²) in [5, 5.41) is 15.1. The molecule has 1 heterocycles. The lowest BCUT2D eigenvalue weighted by Gasteiger charge is -2.16. The number of benzene rings is 1. The smallest absolute Gasteiger partial charge is 0.243 e. The maximum atomic E-state index is 11.9. The minimum Gasteiger partial charge on any atom is -0.352 e. The van der Waals surface area contributed by atoms with E-state index in [-0.39, 0.29) is 18.5 Å². The van der Waals surface area contributed by atoms with Crippen LogP contribution in [0.1, 0.15) is 20.8 Å². The minimum atomic E-state index is -0.118. The third-order valence-electron chi connectivity index (χ3n) is 3.24. The van der Waals surface area contributed by atoms with Gasteiger partial charge in [0.1, 0.15) is 6.54 Å². The van der Waals surface area contributed by atoms with Gasteiger partial charge in [-0.1, -0.05) is 41.9 Å². The number of carbonyl (C=O) groups excluding carboxylic acids is 1. The molecule has 0 spiro atoms. The van der Waals surface area contributed by atoms with Gasteiger partial charge < -0.3 is 5.32 Å². The van der Waals surface area contributed by atoms with Gasteiger partial charge in [-0.25, -0.2) is 0 Å². The molecule has 0 saturated heterocycles. The van der Waals surface area contributed by atoms with E-state index < -0.39 is 0 Å². The lowest BCUT2D eigenvalue weighted by molar-refractivity contribution is -0.123. The molecule has 1 N–H and O–H groups in total. The summed E-state index contributed by atoms with van der Waals surface area (Å²) in [6.07, 6.45) is 0. The number of amides is 1. The molecule has 0 bridgehead atoms. The molecule has 2 aromatic rings. The minimum absolute atomic E-state index is 0.0640. The second kappa shape index (κ2) is 6.80. The average Bonchev–Trinajstić information content (AvgIpc) is 2.87. The van der Waals surface area contributed by atoms with E-state index in [1.54, 1.807) is 0 Å². The first-order valence-electron chi connectivity index (χ1n) is 6.79. The van der Waals surface area contributed by atoms with Gasteiger partial charge in [0.25, 0.3) is 0 Å². The van der Waals surface area contributed by atoms with Crippen LogP contribution in [0.5, 0.6) is 0 Å². The second-order valence-corrected chi connectivity index (χ2v) is 6.08. The van der Waals surface area contributed by atoms with Crippen LogP contribution in [0, 0.1) is 5.92 Å². The van der Waals surface area contributed by atoms with Crippen molar-refractivity contribution in [3.63, 3.8) is 0 Å². The van der Waals surface area contributed by atoms with Crippen molar-refractivity contribution < 1.29 is 4.79 Å². The van der Waals surface area contributed by atoms with E-state index in [1.165, 1.54) is 4.80 Å². The van der Waals surface area contributed by atoms with E-state index in [4.69, 9.17) is 0 Å². The van der Waals surface area contributed by atoms with Crippen LogP contribution in [0.4, 0.5) is 0 Å². The zero-order valence-electron chi connectivity index (χ0n) is 12.2. The Labute approximate surface area is 132 Å². The average molecular weight is 352 g/mol. The number of hydrogen-bond acceptors (Lipinski definition) is 4. The predicted molar refractivity (Wildman–Crippen MR) is 83.4 cm³/mol. The van der Waals surface area contributed by atoms with Gasteiger partial charge >= 0.3 is 0 Å². The number of rotatable bonds is 5. The van der Waals surface area contributed by atoms with Gasteiger partial charge in [0.15, 0.2) is 0 Å². The molecule has 0 radical (unpaired) electrons. The maximum absolute atomic E-state index is 11.9. The first kappa shape index (κ1) is 15.6. The fourth-order valence-electron chi connectivity index (χ4n) is 1.66. The number of nitrogens with zero attached hydrogens (tertiary/aromatic N) is 4. The van der Waals surface area contributed by atoms with Crippen LogP contribution in [0.3, 0.4) is 0 Å². The zero-order valence-corrected chi connectivity index (χ0v) is 13.8. The van der Waals surface area contributed by atoms with Crippen molar-refractivity contribution in [2.75, 3.05) is 0 Å². The van der Waals surface area contributed by atoms with Crippen molar-refractivity contribution in [3.8, 4) is 11.4 Å². The summed E-state index contributed by atoms with van der Waals surface area (Å²) in [6, 6.07) is 7.74. The Balaban J connectivity index is 2.04. The van der Waals surface area contributed by atoms with Crippen LogP contribution in [0.2, 0.25) is 0 Å². The first-order chi connectivity index (χ1) is 9.97. The number of halogens is 1. The number of hydrogen-bond donors (Lipinski definition) is 1. The Hall–Kier alpha value is -1.76. The summed E-state index contributed by atoms with van der Waals surface area (Å²) in [5.74, 6) is 0.757. The summed E-state index contributed by atoms with van der Waals surface area (Å²) >= 11 is 3.45. The van der Waals surface area contributed by atoms with Crippen LogP contribution in [-0.4, -0.2) is 32.2 Å². The Morgan fingerprint density at radius 3 is 2.71 bits per heavy atom. The van der Waals surface area contributed by atoms with Crippen molar-refractivity contribution in [1.82, 2.24) is 25.5 Å². The summed E-state index contributed by atoms with van der Waals surface area (Å²) in [7, 11) is 0. The van der Waals surface area contributed by atoms with Crippen LogP contribution < -0.4 is 5.32 Å². The fourth-order valence-corrected chi connectivity index (χ4v) is 2.12. The second-order valence-electron chi connectivity index (χ2n) is 5.22. The standard InChI is InChI=1S/C14H18BrN5O/c1-9(2)10(3)16-13(21)8-20-18-14(17-19-20)11-6-4-5-7-12(11)15/h4-7,9-10H,8H2,1-3H3,(H,16,21)/t10-/m0/s1. The van der Waals surface area contributed by atoms with Gasteiger partial charge in [0, 0.05) is 16.1 Å². The topological polar surface area (TPSA) is 72.7 Å². The molecule has 112 valence electrons. The van der Waals surface area contributed by atoms with Crippen molar-refractivity contribution in [3.05, 3.63) is 28.7 Å². The number of tetrazole rings is 1. The molecule has 0 aliphatic carbocycles. The summed E-state index contributed by atoms with van der Waals surface area (Å²) in [5.41, 5.74) is 0.847. The van der Waals surface area contributed by atoms with Gasteiger partial charge in [-0.05, 0) is 30.2 Å². The van der Waals surface area contributed by atoms with Crippen LogP contribution in [0.25, 0.3) is 11.4 Å². The third-order valence-corrected chi connectivity index (χ3v) is 3.93. The molecule has 21 heavy (non-hydrogen) atoms. The van der Waals surface area contributed by atoms with E-state index in [0.29, 0.717) is 11.7 Å². The Morgan fingerprint density at radius 1 is 1.33 bits per heavy atom. The number of aromatic nitrogens is 4. The molecule has 0 saturated carbocycles. The fraction of sp³-hybridized carbons (Fsp3) is 0.429. The molecule has 2 rings (SSSR count). The van der Waals surface area contributed by atoms with Crippen molar-refractivity contribution >= 4 is 21.8 Å². The van der Waals surface area contributed by atoms with Gasteiger partial charge in [-0.3, -0.25) is 4.79 Å². The molecule has 0 aliphatic rings. The molecule has 7 heteroatoms. The quantitative estimate of drug-likeness (QED) is 0.896. The highest BCUT2D eigenvalue weighted by molar-refractivity contribution is 9.10. The van der Waals surface area contributed by atoms with E-state index in [0.717, 1.165) is 10.0 Å².